The van der Waals surface area contributed by atoms with E-state index in [1.807, 2.05) is 4.90 Å². The SMILES string of the molecule is Cc1nnc(CNC(=O)[C@H]2CC[C@H](Oc3cc(-n4c(C(F)F)nc5ccccc54)nc(N4CCOCC4)n3)CC2)o1. The van der Waals surface area contributed by atoms with Crippen LogP contribution < -0.4 is 15.0 Å². The van der Waals surface area contributed by atoms with Crippen LogP contribution in [0.15, 0.2) is 34.7 Å². The molecule has 0 unspecified atom stereocenters. The summed E-state index contributed by atoms with van der Waals surface area (Å²) in [5.74, 6) is 1.11. The summed E-state index contributed by atoms with van der Waals surface area (Å²) in [5, 5.41) is 10.5. The third kappa shape index (κ3) is 5.97. The maximum Gasteiger partial charge on any atom is 0.296 e. The minimum Gasteiger partial charge on any atom is -0.474 e. The Morgan fingerprint density at radius 1 is 1.10 bits per heavy atom. The standard InChI is InChI=1S/C27H30F2N8O4/c1-16-34-35-23(40-16)15-30-26(38)17-6-8-18(9-7-17)41-22-14-21(32-27(33-22)36-10-12-39-13-11-36)37-20-5-3-2-4-19(20)31-25(37)24(28)29/h2-5,14,17-18,24H,6-13,15H2,1H3,(H,30,38)/t17-,18-. The van der Waals surface area contributed by atoms with Crippen molar-refractivity contribution >= 4 is 22.9 Å². The predicted molar refractivity (Wildman–Crippen MR) is 142 cm³/mol. The van der Waals surface area contributed by atoms with Gasteiger partial charge in [-0.2, -0.15) is 9.97 Å². The Balaban J connectivity index is 1.21. The second kappa shape index (κ2) is 11.7. The molecule has 41 heavy (non-hydrogen) atoms. The van der Waals surface area contributed by atoms with Gasteiger partial charge >= 0.3 is 0 Å². The Kier molecular flexibility index (Phi) is 7.72. The van der Waals surface area contributed by atoms with Crippen LogP contribution in [-0.4, -0.2) is 68.0 Å². The summed E-state index contributed by atoms with van der Waals surface area (Å²) in [6.45, 7) is 4.04. The van der Waals surface area contributed by atoms with Crippen LogP contribution in [0.3, 0.4) is 0 Å². The Morgan fingerprint density at radius 3 is 2.61 bits per heavy atom. The van der Waals surface area contributed by atoms with Crippen molar-refractivity contribution in [2.75, 3.05) is 31.2 Å². The molecule has 0 spiro atoms. The van der Waals surface area contributed by atoms with Gasteiger partial charge in [-0.15, -0.1) is 10.2 Å². The van der Waals surface area contributed by atoms with E-state index in [1.54, 1.807) is 37.3 Å². The summed E-state index contributed by atoms with van der Waals surface area (Å²) in [4.78, 5) is 28.1. The fourth-order valence-electron chi connectivity index (χ4n) is 5.24. The highest BCUT2D eigenvalue weighted by molar-refractivity contribution is 5.79. The van der Waals surface area contributed by atoms with Crippen molar-refractivity contribution in [3.63, 3.8) is 0 Å². The van der Waals surface area contributed by atoms with Crippen molar-refractivity contribution in [2.45, 2.75) is 51.7 Å². The molecule has 2 fully saturated rings. The van der Waals surface area contributed by atoms with Crippen molar-refractivity contribution in [1.29, 1.82) is 0 Å². The van der Waals surface area contributed by atoms with Crippen molar-refractivity contribution in [3.05, 3.63) is 47.9 Å². The number of hydrogen-bond donors (Lipinski definition) is 1. The molecule has 1 saturated carbocycles. The number of nitrogens with zero attached hydrogens (tertiary/aromatic N) is 7. The number of morpholine rings is 1. The third-order valence-corrected chi connectivity index (χ3v) is 7.30. The first-order chi connectivity index (χ1) is 19.9. The van der Waals surface area contributed by atoms with E-state index in [2.05, 4.69) is 30.5 Å². The third-order valence-electron chi connectivity index (χ3n) is 7.30. The van der Waals surface area contributed by atoms with Crippen LogP contribution in [0.1, 0.15) is 49.7 Å². The number of nitrogens with one attached hydrogen (secondary N) is 1. The van der Waals surface area contributed by atoms with Crippen LogP contribution in [0.25, 0.3) is 16.9 Å². The van der Waals surface area contributed by atoms with Gasteiger partial charge in [0.25, 0.3) is 6.43 Å². The zero-order valence-corrected chi connectivity index (χ0v) is 22.5. The van der Waals surface area contributed by atoms with E-state index < -0.39 is 12.2 Å². The Morgan fingerprint density at radius 2 is 1.88 bits per heavy atom. The summed E-state index contributed by atoms with van der Waals surface area (Å²) in [6, 6.07) is 8.53. The highest BCUT2D eigenvalue weighted by Gasteiger charge is 2.29. The predicted octanol–water partition coefficient (Wildman–Crippen LogP) is 3.54. The summed E-state index contributed by atoms with van der Waals surface area (Å²) >= 11 is 0. The molecule has 216 valence electrons. The Labute approximate surface area is 234 Å². The van der Waals surface area contributed by atoms with Gasteiger partial charge in [-0.05, 0) is 37.8 Å². The van der Waals surface area contributed by atoms with E-state index in [-0.39, 0.29) is 36.2 Å². The fourth-order valence-corrected chi connectivity index (χ4v) is 5.24. The van der Waals surface area contributed by atoms with Crippen LogP contribution >= 0.6 is 0 Å². The summed E-state index contributed by atoms with van der Waals surface area (Å²) in [5.41, 5.74) is 0.963. The van der Waals surface area contributed by atoms with Gasteiger partial charge in [-0.3, -0.25) is 9.36 Å². The number of aryl methyl sites for hydroxylation is 1. The molecule has 1 aliphatic carbocycles. The molecule has 12 nitrogen and oxygen atoms in total. The number of carbonyl (C=O) groups excluding carboxylic acids is 1. The smallest absolute Gasteiger partial charge is 0.296 e. The van der Waals surface area contributed by atoms with Crippen molar-refractivity contribution in [3.8, 4) is 11.7 Å². The lowest BCUT2D eigenvalue weighted by molar-refractivity contribution is -0.126. The minimum atomic E-state index is -2.81. The molecular weight excluding hydrogens is 538 g/mol. The molecule has 2 aliphatic rings. The van der Waals surface area contributed by atoms with E-state index in [0.29, 0.717) is 80.7 Å². The van der Waals surface area contributed by atoms with Gasteiger partial charge < -0.3 is 24.1 Å². The summed E-state index contributed by atoms with van der Waals surface area (Å²) in [6.07, 6.45) is -0.448. The lowest BCUT2D eigenvalue weighted by Crippen LogP contribution is -2.37. The second-order valence-electron chi connectivity index (χ2n) is 10.1. The zero-order valence-electron chi connectivity index (χ0n) is 22.5. The molecule has 1 N–H and O–H groups in total. The highest BCUT2D eigenvalue weighted by Crippen LogP contribution is 2.32. The number of hydrogen-bond acceptors (Lipinski definition) is 10. The van der Waals surface area contributed by atoms with Gasteiger partial charge in [0.2, 0.25) is 29.5 Å². The second-order valence-corrected chi connectivity index (χ2v) is 10.1. The Bertz CT molecular complexity index is 1510. The number of para-hydroxylation sites is 2. The van der Waals surface area contributed by atoms with E-state index in [9.17, 15) is 13.6 Å². The molecule has 0 atom stereocenters. The first-order valence-corrected chi connectivity index (χ1v) is 13.7. The number of alkyl halides is 2. The monoisotopic (exact) mass is 568 g/mol. The van der Waals surface area contributed by atoms with Gasteiger partial charge in [0.05, 0.1) is 30.8 Å². The van der Waals surface area contributed by atoms with Gasteiger partial charge in [-0.1, -0.05) is 12.1 Å². The van der Waals surface area contributed by atoms with Crippen LogP contribution in [-0.2, 0) is 16.1 Å². The number of benzene rings is 1. The van der Waals surface area contributed by atoms with Crippen LogP contribution in [0.4, 0.5) is 14.7 Å². The lowest BCUT2D eigenvalue weighted by Gasteiger charge is -2.29. The van der Waals surface area contributed by atoms with Gasteiger partial charge in [-0.25, -0.2) is 13.8 Å². The molecule has 6 rings (SSSR count). The topological polar surface area (TPSA) is 133 Å². The highest BCUT2D eigenvalue weighted by atomic mass is 19.3. The van der Waals surface area contributed by atoms with Crippen molar-refractivity contribution in [1.82, 2.24) is 35.0 Å². The number of imidazole rings is 1. The fraction of sp³-hybridized carbons (Fsp3) is 0.481. The van der Waals surface area contributed by atoms with Gasteiger partial charge in [0.15, 0.2) is 5.82 Å². The number of amides is 1. The van der Waals surface area contributed by atoms with Crippen LogP contribution in [0.2, 0.25) is 0 Å². The zero-order chi connectivity index (χ0) is 28.3. The average molecular weight is 569 g/mol. The maximum atomic E-state index is 14.1. The van der Waals surface area contributed by atoms with E-state index in [0.717, 1.165) is 0 Å². The van der Waals surface area contributed by atoms with E-state index >= 15 is 0 Å². The van der Waals surface area contributed by atoms with Gasteiger partial charge in [0, 0.05) is 32.0 Å². The minimum absolute atomic E-state index is 0.0651. The molecule has 1 aliphatic heterocycles. The number of fused-ring (bicyclic) bond motifs is 1. The molecule has 1 aromatic carbocycles. The van der Waals surface area contributed by atoms with Crippen LogP contribution in [0.5, 0.6) is 5.88 Å². The van der Waals surface area contributed by atoms with Crippen LogP contribution in [0, 0.1) is 12.8 Å². The molecule has 0 bridgehead atoms. The normalized spacial score (nSPS) is 19.6. The summed E-state index contributed by atoms with van der Waals surface area (Å²) in [7, 11) is 0. The molecule has 0 radical (unpaired) electrons. The number of halogens is 2. The maximum absolute atomic E-state index is 14.1. The van der Waals surface area contributed by atoms with E-state index in [1.165, 1.54) is 4.57 Å². The molecule has 4 heterocycles. The molecule has 14 heteroatoms. The van der Waals surface area contributed by atoms with Crippen molar-refractivity contribution < 1.29 is 27.5 Å². The number of ether oxygens (including phenoxy) is 2. The van der Waals surface area contributed by atoms with Gasteiger partial charge in [0.1, 0.15) is 11.9 Å². The molecule has 1 amide bonds. The number of aromatic nitrogens is 6. The van der Waals surface area contributed by atoms with Crippen molar-refractivity contribution in [2.24, 2.45) is 5.92 Å². The average Bonchev–Trinajstić information content (AvgIpc) is 3.60. The van der Waals surface area contributed by atoms with E-state index in [4.69, 9.17) is 13.9 Å². The molecule has 1 saturated heterocycles. The number of carbonyl (C=O) groups is 1. The number of anilines is 1. The largest absolute Gasteiger partial charge is 0.474 e. The molecule has 3 aromatic heterocycles. The first-order valence-electron chi connectivity index (χ1n) is 13.7. The summed E-state index contributed by atoms with van der Waals surface area (Å²) < 4.78 is 46.7. The lowest BCUT2D eigenvalue weighted by atomic mass is 9.87. The Hall–Kier alpha value is -4.20. The quantitative estimate of drug-likeness (QED) is 0.336. The number of rotatable bonds is 8. The first kappa shape index (κ1) is 27.0. The molecular formula is C27H30F2N8O4. The molecule has 4 aromatic rings.